The van der Waals surface area contributed by atoms with Crippen LogP contribution in [0.25, 0.3) is 11.3 Å². The van der Waals surface area contributed by atoms with E-state index < -0.39 is 6.36 Å². The highest BCUT2D eigenvalue weighted by Crippen LogP contribution is 2.33. The maximum Gasteiger partial charge on any atom is 0.573 e. The summed E-state index contributed by atoms with van der Waals surface area (Å²) in [6.45, 7) is 3.70. The fraction of sp³-hybridized carbons (Fsp3) is 0.333. The van der Waals surface area contributed by atoms with Gasteiger partial charge >= 0.3 is 6.36 Å². The Hall–Kier alpha value is -3.73. The first-order valence-corrected chi connectivity index (χ1v) is 10.7. The molecule has 3 aromatic rings. The van der Waals surface area contributed by atoms with Gasteiger partial charge in [-0.15, -0.1) is 13.2 Å². The molecule has 1 heterocycles. The lowest BCUT2D eigenvalue weighted by Gasteiger charge is -2.21. The molecular formula is C24H27F3N4O4. The quantitative estimate of drug-likeness (QED) is 0.354. The number of hydrogen-bond acceptors (Lipinski definition) is 8. The fourth-order valence-electron chi connectivity index (χ4n) is 3.20. The Bertz CT molecular complexity index is 1140. The van der Waals surface area contributed by atoms with Crippen LogP contribution in [-0.2, 0) is 0 Å². The second-order valence-electron chi connectivity index (χ2n) is 7.91. The minimum Gasteiger partial charge on any atom is -0.497 e. The molecule has 188 valence electrons. The number of aromatic nitrogens is 2. The van der Waals surface area contributed by atoms with E-state index in [1.807, 2.05) is 13.8 Å². The number of ether oxygens (including phenoxy) is 3. The molecule has 3 rings (SSSR count). The van der Waals surface area contributed by atoms with Gasteiger partial charge in [-0.05, 0) is 30.2 Å². The lowest BCUT2D eigenvalue weighted by atomic mass is 10.1. The van der Waals surface area contributed by atoms with Gasteiger partial charge in [0.1, 0.15) is 23.1 Å². The van der Waals surface area contributed by atoms with Crippen LogP contribution >= 0.6 is 0 Å². The van der Waals surface area contributed by atoms with Crippen molar-refractivity contribution in [3.8, 4) is 28.5 Å². The van der Waals surface area contributed by atoms with Crippen molar-refractivity contribution in [2.45, 2.75) is 26.3 Å². The Labute approximate surface area is 201 Å². The summed E-state index contributed by atoms with van der Waals surface area (Å²) in [5, 5.41) is 16.0. The van der Waals surface area contributed by atoms with Gasteiger partial charge < -0.3 is 30.0 Å². The molecule has 0 unspecified atom stereocenters. The van der Waals surface area contributed by atoms with Gasteiger partial charge in [-0.25, -0.2) is 4.98 Å². The summed E-state index contributed by atoms with van der Waals surface area (Å²) in [6.07, 6.45) is -4.82. The lowest BCUT2D eigenvalue weighted by Crippen LogP contribution is -2.30. The van der Waals surface area contributed by atoms with Crippen molar-refractivity contribution in [2.24, 2.45) is 5.92 Å². The zero-order chi connectivity index (χ0) is 25.6. The van der Waals surface area contributed by atoms with Crippen molar-refractivity contribution < 1.29 is 32.5 Å². The number of nitrogens with one attached hydrogen (secondary N) is 2. The molecular weight excluding hydrogens is 465 g/mol. The van der Waals surface area contributed by atoms with Gasteiger partial charge in [-0.2, -0.15) is 4.98 Å². The van der Waals surface area contributed by atoms with E-state index in [2.05, 4.69) is 25.3 Å². The third-order valence-electron chi connectivity index (χ3n) is 5.08. The number of methoxy groups -OCH3 is 2. The van der Waals surface area contributed by atoms with Crippen LogP contribution < -0.4 is 24.8 Å². The molecule has 0 aliphatic rings. The first kappa shape index (κ1) is 25.9. The monoisotopic (exact) mass is 492 g/mol. The number of benzene rings is 2. The molecule has 3 N–H and O–H groups in total. The number of hydrogen-bond donors (Lipinski definition) is 3. The van der Waals surface area contributed by atoms with E-state index >= 15 is 0 Å². The summed E-state index contributed by atoms with van der Waals surface area (Å²) in [6, 6.07) is 11.9. The maximum atomic E-state index is 12.7. The first-order chi connectivity index (χ1) is 16.6. The molecule has 0 amide bonds. The van der Waals surface area contributed by atoms with Crippen LogP contribution in [0.4, 0.5) is 30.6 Å². The summed E-state index contributed by atoms with van der Waals surface area (Å²) >= 11 is 0. The Morgan fingerprint density at radius 2 is 1.74 bits per heavy atom. The molecule has 0 aliphatic carbocycles. The molecule has 35 heavy (non-hydrogen) atoms. The molecule has 0 fully saturated rings. The van der Waals surface area contributed by atoms with Crippen LogP contribution in [0.2, 0.25) is 0 Å². The zero-order valence-electron chi connectivity index (χ0n) is 19.7. The van der Waals surface area contributed by atoms with Crippen LogP contribution in [0.1, 0.15) is 13.8 Å². The molecule has 0 bridgehead atoms. The van der Waals surface area contributed by atoms with Gasteiger partial charge in [0.05, 0.1) is 38.2 Å². The minimum atomic E-state index is -4.82. The SMILES string of the molecule is COc1ccc(Nc2cc(-c3cccc(OC(F)(F)F)c3)nc(N[C@@H](CO)C(C)C)n2)c(OC)c1. The van der Waals surface area contributed by atoms with Gasteiger partial charge in [0.25, 0.3) is 0 Å². The van der Waals surface area contributed by atoms with E-state index in [0.29, 0.717) is 34.3 Å². The number of aliphatic hydroxyl groups is 1. The van der Waals surface area contributed by atoms with Crippen LogP contribution in [-0.4, -0.2) is 48.3 Å². The Kier molecular flexibility index (Phi) is 8.23. The molecule has 0 saturated heterocycles. The Balaban J connectivity index is 2.04. The van der Waals surface area contributed by atoms with Gasteiger partial charge in [0.2, 0.25) is 5.95 Å². The molecule has 1 atom stereocenters. The van der Waals surface area contributed by atoms with Crippen molar-refractivity contribution in [3.05, 3.63) is 48.5 Å². The van der Waals surface area contributed by atoms with E-state index in [9.17, 15) is 18.3 Å². The average molecular weight is 492 g/mol. The third-order valence-corrected chi connectivity index (χ3v) is 5.08. The summed E-state index contributed by atoms with van der Waals surface area (Å²) < 4.78 is 52.8. The second-order valence-corrected chi connectivity index (χ2v) is 7.91. The summed E-state index contributed by atoms with van der Waals surface area (Å²) in [4.78, 5) is 8.94. The number of aliphatic hydroxyl groups excluding tert-OH is 1. The summed E-state index contributed by atoms with van der Waals surface area (Å²) in [5.74, 6) is 1.33. The van der Waals surface area contributed by atoms with E-state index in [-0.39, 0.29) is 30.3 Å². The number of rotatable bonds is 10. The molecule has 0 saturated carbocycles. The van der Waals surface area contributed by atoms with E-state index in [1.165, 1.54) is 25.3 Å². The lowest BCUT2D eigenvalue weighted by molar-refractivity contribution is -0.274. The zero-order valence-corrected chi connectivity index (χ0v) is 19.7. The smallest absolute Gasteiger partial charge is 0.497 e. The Morgan fingerprint density at radius 3 is 2.37 bits per heavy atom. The highest BCUT2D eigenvalue weighted by atomic mass is 19.4. The van der Waals surface area contributed by atoms with E-state index in [1.54, 1.807) is 37.4 Å². The van der Waals surface area contributed by atoms with Crippen LogP contribution in [0.3, 0.4) is 0 Å². The molecule has 0 spiro atoms. The van der Waals surface area contributed by atoms with Gasteiger partial charge in [0, 0.05) is 17.7 Å². The third kappa shape index (κ3) is 7.12. The van der Waals surface area contributed by atoms with Crippen molar-refractivity contribution in [2.75, 3.05) is 31.5 Å². The van der Waals surface area contributed by atoms with Gasteiger partial charge in [0.15, 0.2) is 0 Å². The Morgan fingerprint density at radius 1 is 0.971 bits per heavy atom. The fourth-order valence-corrected chi connectivity index (χ4v) is 3.20. The molecule has 11 heteroatoms. The second kappa shape index (κ2) is 11.1. The van der Waals surface area contributed by atoms with Crippen LogP contribution in [0.15, 0.2) is 48.5 Å². The standard InChI is InChI=1S/C24H27F3N4O4/c1-14(2)20(13-32)30-23-29-19(15-6-5-7-17(10-15)35-24(25,26)27)12-22(31-23)28-18-9-8-16(33-3)11-21(18)34-4/h5-12,14,20,32H,13H2,1-4H3,(H2,28,29,30,31)/t20-/m0/s1. The predicted octanol–water partition coefficient (Wildman–Crippen LogP) is 5.23. The number of anilines is 3. The highest BCUT2D eigenvalue weighted by Gasteiger charge is 2.31. The van der Waals surface area contributed by atoms with Gasteiger partial charge in [-0.1, -0.05) is 26.0 Å². The summed E-state index contributed by atoms with van der Waals surface area (Å²) in [7, 11) is 3.05. The molecule has 1 aromatic heterocycles. The number of alkyl halides is 3. The molecule has 8 nitrogen and oxygen atoms in total. The number of nitrogens with zero attached hydrogens (tertiary/aromatic N) is 2. The van der Waals surface area contributed by atoms with E-state index in [0.717, 1.165) is 0 Å². The van der Waals surface area contributed by atoms with Crippen molar-refractivity contribution in [1.82, 2.24) is 9.97 Å². The summed E-state index contributed by atoms with van der Waals surface area (Å²) in [5.41, 5.74) is 1.30. The largest absolute Gasteiger partial charge is 0.573 e. The topological polar surface area (TPSA) is 97.8 Å². The van der Waals surface area contributed by atoms with Crippen molar-refractivity contribution in [3.63, 3.8) is 0 Å². The first-order valence-electron chi connectivity index (χ1n) is 10.7. The molecule has 2 aromatic carbocycles. The van der Waals surface area contributed by atoms with E-state index in [4.69, 9.17) is 9.47 Å². The van der Waals surface area contributed by atoms with Crippen LogP contribution in [0, 0.1) is 5.92 Å². The maximum absolute atomic E-state index is 12.7. The van der Waals surface area contributed by atoms with Crippen molar-refractivity contribution in [1.29, 1.82) is 0 Å². The normalized spacial score (nSPS) is 12.3. The minimum absolute atomic E-state index is 0.0638. The number of halogens is 3. The average Bonchev–Trinajstić information content (AvgIpc) is 2.81. The predicted molar refractivity (Wildman–Crippen MR) is 126 cm³/mol. The van der Waals surface area contributed by atoms with Crippen molar-refractivity contribution >= 4 is 17.5 Å². The van der Waals surface area contributed by atoms with Gasteiger partial charge in [-0.3, -0.25) is 0 Å². The molecule has 0 radical (unpaired) electrons. The highest BCUT2D eigenvalue weighted by molar-refractivity contribution is 5.71. The van der Waals surface area contributed by atoms with Crippen LogP contribution in [0.5, 0.6) is 17.2 Å². The molecule has 0 aliphatic heterocycles.